The number of piperidine rings is 1. The Morgan fingerprint density at radius 3 is 2.56 bits per heavy atom. The Labute approximate surface area is 181 Å². The van der Waals surface area contributed by atoms with Crippen LogP contribution in [0.3, 0.4) is 0 Å². The molecule has 0 bridgehead atoms. The number of aromatic hydroxyl groups is 1. The number of guanidine groups is 1. The molecule has 1 aromatic rings. The van der Waals surface area contributed by atoms with E-state index in [9.17, 15) is 5.11 Å². The molecule has 1 aliphatic heterocycles. The van der Waals surface area contributed by atoms with E-state index in [-0.39, 0.29) is 24.0 Å². The van der Waals surface area contributed by atoms with Crippen LogP contribution in [0.4, 0.5) is 0 Å². The molecule has 6 heteroatoms. The van der Waals surface area contributed by atoms with E-state index < -0.39 is 0 Å². The van der Waals surface area contributed by atoms with Crippen molar-refractivity contribution in [3.8, 4) is 5.75 Å². The van der Waals surface area contributed by atoms with Crippen LogP contribution in [0.5, 0.6) is 5.75 Å². The molecule has 1 unspecified atom stereocenters. The van der Waals surface area contributed by atoms with E-state index in [1.165, 1.54) is 51.5 Å². The third-order valence-electron chi connectivity index (χ3n) is 5.59. The first kappa shape index (κ1) is 22.3. The second-order valence-electron chi connectivity index (χ2n) is 7.63. The van der Waals surface area contributed by atoms with Gasteiger partial charge in [0.05, 0.1) is 6.54 Å². The molecule has 1 saturated heterocycles. The van der Waals surface area contributed by atoms with Gasteiger partial charge in [0.1, 0.15) is 5.75 Å². The van der Waals surface area contributed by atoms with Gasteiger partial charge in [-0.25, -0.2) is 4.99 Å². The van der Waals surface area contributed by atoms with Gasteiger partial charge in [0, 0.05) is 25.2 Å². The smallest absolute Gasteiger partial charge is 0.191 e. The van der Waals surface area contributed by atoms with Gasteiger partial charge in [0.15, 0.2) is 5.96 Å². The number of nitrogens with zero attached hydrogens (tertiary/aromatic N) is 2. The lowest BCUT2D eigenvalue weighted by Gasteiger charge is -2.40. The predicted octanol–water partition coefficient (Wildman–Crippen LogP) is 3.86. The first-order chi connectivity index (χ1) is 12.7. The summed E-state index contributed by atoms with van der Waals surface area (Å²) in [6.45, 7) is 5.97. The summed E-state index contributed by atoms with van der Waals surface area (Å²) in [6, 6.07) is 8.55. The lowest BCUT2D eigenvalue weighted by Crippen LogP contribution is -2.53. The number of hydrogen-bond donors (Lipinski definition) is 3. The maximum atomic E-state index is 9.40. The van der Waals surface area contributed by atoms with Gasteiger partial charge in [-0.05, 0) is 56.8 Å². The van der Waals surface area contributed by atoms with Crippen LogP contribution in [0.1, 0.15) is 57.4 Å². The van der Waals surface area contributed by atoms with Crippen LogP contribution in [0.2, 0.25) is 0 Å². The van der Waals surface area contributed by atoms with Crippen molar-refractivity contribution in [3.05, 3.63) is 29.8 Å². The summed E-state index contributed by atoms with van der Waals surface area (Å²) in [5, 5.41) is 16.4. The molecule has 0 radical (unpaired) electrons. The van der Waals surface area contributed by atoms with Crippen LogP contribution in [0.15, 0.2) is 29.3 Å². The summed E-state index contributed by atoms with van der Waals surface area (Å²) < 4.78 is 0. The Morgan fingerprint density at radius 1 is 1.11 bits per heavy atom. The van der Waals surface area contributed by atoms with E-state index in [1.807, 2.05) is 12.1 Å². The predicted molar refractivity (Wildman–Crippen MR) is 123 cm³/mol. The van der Waals surface area contributed by atoms with E-state index in [2.05, 4.69) is 22.5 Å². The molecule has 3 N–H and O–H groups in total. The average molecular weight is 486 g/mol. The first-order valence-electron chi connectivity index (χ1n) is 10.3. The van der Waals surface area contributed by atoms with Crippen molar-refractivity contribution in [1.29, 1.82) is 0 Å². The van der Waals surface area contributed by atoms with Crippen LogP contribution >= 0.6 is 24.0 Å². The SMILES string of the molecule is CCNC(=NCc1ccc(O)cc1)NC1CCCN(C2CCCCC2)C1.I. The lowest BCUT2D eigenvalue weighted by atomic mass is 9.92. The van der Waals surface area contributed by atoms with Crippen molar-refractivity contribution < 1.29 is 5.11 Å². The summed E-state index contributed by atoms with van der Waals surface area (Å²) >= 11 is 0. The topological polar surface area (TPSA) is 59.9 Å². The number of halogens is 1. The minimum Gasteiger partial charge on any atom is -0.508 e. The van der Waals surface area contributed by atoms with Gasteiger partial charge in [-0.2, -0.15) is 0 Å². The molecule has 0 aromatic heterocycles. The number of aliphatic imine (C=N–C) groups is 1. The minimum absolute atomic E-state index is 0. The van der Waals surface area contributed by atoms with Gasteiger partial charge in [0.25, 0.3) is 0 Å². The Hall–Kier alpha value is -1.02. The molecule has 5 nitrogen and oxygen atoms in total. The summed E-state index contributed by atoms with van der Waals surface area (Å²) in [5.41, 5.74) is 1.10. The molecule has 1 aromatic carbocycles. The maximum absolute atomic E-state index is 9.40. The summed E-state index contributed by atoms with van der Waals surface area (Å²) in [6.07, 6.45) is 9.45. The van der Waals surface area contributed by atoms with Gasteiger partial charge in [-0.15, -0.1) is 24.0 Å². The largest absolute Gasteiger partial charge is 0.508 e. The second-order valence-corrected chi connectivity index (χ2v) is 7.63. The third kappa shape index (κ3) is 7.14. The number of phenols is 1. The highest BCUT2D eigenvalue weighted by Gasteiger charge is 2.27. The Morgan fingerprint density at radius 2 is 1.85 bits per heavy atom. The average Bonchev–Trinajstić information content (AvgIpc) is 2.68. The number of nitrogens with one attached hydrogen (secondary N) is 2. The summed E-state index contributed by atoms with van der Waals surface area (Å²) in [7, 11) is 0. The van der Waals surface area contributed by atoms with E-state index >= 15 is 0 Å². The molecule has 0 spiro atoms. The second kappa shape index (κ2) is 11.7. The van der Waals surface area contributed by atoms with Gasteiger partial charge < -0.3 is 15.7 Å². The highest BCUT2D eigenvalue weighted by atomic mass is 127. The molecule has 1 atom stereocenters. The van der Waals surface area contributed by atoms with Crippen molar-refractivity contribution in [2.45, 2.75) is 70.5 Å². The van der Waals surface area contributed by atoms with Crippen molar-refractivity contribution in [3.63, 3.8) is 0 Å². The molecular formula is C21H35IN4O. The van der Waals surface area contributed by atoms with Crippen molar-refractivity contribution in [2.75, 3.05) is 19.6 Å². The number of hydrogen-bond acceptors (Lipinski definition) is 3. The fourth-order valence-electron chi connectivity index (χ4n) is 4.19. The first-order valence-corrected chi connectivity index (χ1v) is 10.3. The fraction of sp³-hybridized carbons (Fsp3) is 0.667. The standard InChI is InChI=1S/C21H34N4O.HI/c1-2-22-21(23-15-17-10-12-20(26)13-11-17)24-18-7-6-14-25(16-18)19-8-4-3-5-9-19;/h10-13,18-19,26H,2-9,14-16H2,1H3,(H2,22,23,24);1H. The lowest BCUT2D eigenvalue weighted by molar-refractivity contribution is 0.115. The van der Waals surface area contributed by atoms with Crippen LogP contribution < -0.4 is 10.6 Å². The fourth-order valence-corrected chi connectivity index (χ4v) is 4.19. The van der Waals surface area contributed by atoms with Crippen LogP contribution in [-0.4, -0.2) is 47.7 Å². The van der Waals surface area contributed by atoms with Crippen molar-refractivity contribution in [1.82, 2.24) is 15.5 Å². The van der Waals surface area contributed by atoms with Crippen LogP contribution in [0.25, 0.3) is 0 Å². The van der Waals surface area contributed by atoms with Gasteiger partial charge >= 0.3 is 0 Å². The zero-order valence-corrected chi connectivity index (χ0v) is 18.8. The highest BCUT2D eigenvalue weighted by Crippen LogP contribution is 2.25. The van der Waals surface area contributed by atoms with Gasteiger partial charge in [-0.1, -0.05) is 31.4 Å². The van der Waals surface area contributed by atoms with Crippen LogP contribution in [0, 0.1) is 0 Å². The third-order valence-corrected chi connectivity index (χ3v) is 5.59. The molecule has 0 amide bonds. The molecule has 27 heavy (non-hydrogen) atoms. The van der Waals surface area contributed by atoms with Crippen molar-refractivity contribution >= 4 is 29.9 Å². The quantitative estimate of drug-likeness (QED) is 0.336. The molecule has 2 fully saturated rings. The zero-order valence-electron chi connectivity index (χ0n) is 16.5. The molecule has 152 valence electrons. The summed E-state index contributed by atoms with van der Waals surface area (Å²) in [5.74, 6) is 1.20. The summed E-state index contributed by atoms with van der Waals surface area (Å²) in [4.78, 5) is 7.45. The van der Waals surface area contributed by atoms with Crippen molar-refractivity contribution in [2.24, 2.45) is 4.99 Å². The monoisotopic (exact) mass is 486 g/mol. The van der Waals surface area contributed by atoms with E-state index in [0.29, 0.717) is 18.3 Å². The number of phenolic OH excluding ortho intramolecular Hbond substituents is 1. The molecule has 1 aliphatic carbocycles. The number of benzene rings is 1. The Balaban J connectivity index is 0.00000261. The molecule has 1 heterocycles. The minimum atomic E-state index is 0. The molecular weight excluding hydrogens is 451 g/mol. The van der Waals surface area contributed by atoms with Crippen LogP contribution in [-0.2, 0) is 6.54 Å². The molecule has 3 rings (SSSR count). The highest BCUT2D eigenvalue weighted by molar-refractivity contribution is 14.0. The Bertz CT molecular complexity index is 572. The van der Waals surface area contributed by atoms with E-state index in [1.54, 1.807) is 12.1 Å². The normalized spacial score (nSPS) is 22.1. The molecule has 2 aliphatic rings. The number of rotatable bonds is 5. The van der Waals surface area contributed by atoms with Gasteiger partial charge in [0.2, 0.25) is 0 Å². The zero-order chi connectivity index (χ0) is 18.2. The Kier molecular flexibility index (Phi) is 9.68. The van der Waals surface area contributed by atoms with Gasteiger partial charge in [-0.3, -0.25) is 4.90 Å². The maximum Gasteiger partial charge on any atom is 0.191 e. The molecule has 1 saturated carbocycles. The van der Waals surface area contributed by atoms with E-state index in [4.69, 9.17) is 4.99 Å². The number of likely N-dealkylation sites (tertiary alicyclic amines) is 1. The van der Waals surface area contributed by atoms with E-state index in [0.717, 1.165) is 30.7 Å².